The number of carbonyl (C=O) groups is 1. The van der Waals surface area contributed by atoms with Gasteiger partial charge in [0, 0.05) is 12.8 Å². The lowest BCUT2D eigenvalue weighted by Gasteiger charge is -2.03. The number of carboxylic acids is 1. The molecule has 0 spiro atoms. The zero-order chi connectivity index (χ0) is 14.7. The summed E-state index contributed by atoms with van der Waals surface area (Å²) in [4.78, 5) is 10.6. The smallest absolute Gasteiger partial charge is 0.303 e. The normalized spacial score (nSPS) is 12.3. The second kappa shape index (κ2) is 5.77. The summed E-state index contributed by atoms with van der Waals surface area (Å²) in [6.45, 7) is 1.72. The van der Waals surface area contributed by atoms with Gasteiger partial charge in [0.2, 0.25) is 5.89 Å². The summed E-state index contributed by atoms with van der Waals surface area (Å²) >= 11 is 0. The summed E-state index contributed by atoms with van der Waals surface area (Å²) in [5.74, 6) is -3.11. The molecule has 0 saturated carbocycles. The standard InChI is InChI=1S/C13H12F2N2O3/c1-7(6-11(18)19)5-10-16-17-13(20-10)8-3-2-4-9(14)12(8)15/h2-4,7H,5-6H2,1H3,(H,18,19). The van der Waals surface area contributed by atoms with Crippen LogP contribution >= 0.6 is 0 Å². The van der Waals surface area contributed by atoms with Crippen molar-refractivity contribution in [1.29, 1.82) is 0 Å². The van der Waals surface area contributed by atoms with Crippen molar-refractivity contribution in [3.8, 4) is 11.5 Å². The molecule has 20 heavy (non-hydrogen) atoms. The van der Waals surface area contributed by atoms with E-state index >= 15 is 0 Å². The van der Waals surface area contributed by atoms with Gasteiger partial charge in [0.1, 0.15) is 0 Å². The first-order valence-corrected chi connectivity index (χ1v) is 5.96. The highest BCUT2D eigenvalue weighted by molar-refractivity contribution is 5.66. The van der Waals surface area contributed by atoms with Gasteiger partial charge in [-0.1, -0.05) is 13.0 Å². The second-order valence-electron chi connectivity index (χ2n) is 4.51. The maximum Gasteiger partial charge on any atom is 0.303 e. The second-order valence-corrected chi connectivity index (χ2v) is 4.51. The minimum Gasteiger partial charge on any atom is -0.481 e. The molecule has 5 nitrogen and oxygen atoms in total. The highest BCUT2D eigenvalue weighted by atomic mass is 19.2. The van der Waals surface area contributed by atoms with Crippen LogP contribution in [0.15, 0.2) is 22.6 Å². The van der Waals surface area contributed by atoms with E-state index in [1.807, 2.05) is 0 Å². The summed E-state index contributed by atoms with van der Waals surface area (Å²) in [6.07, 6.45) is 0.224. The Morgan fingerprint density at radius 1 is 1.40 bits per heavy atom. The third kappa shape index (κ3) is 3.17. The molecule has 0 aliphatic rings. The highest BCUT2D eigenvalue weighted by Gasteiger charge is 2.17. The lowest BCUT2D eigenvalue weighted by Crippen LogP contribution is -2.07. The van der Waals surface area contributed by atoms with Crippen molar-refractivity contribution >= 4 is 5.97 Å². The van der Waals surface area contributed by atoms with Gasteiger partial charge in [-0.15, -0.1) is 10.2 Å². The molecule has 1 atom stereocenters. The zero-order valence-corrected chi connectivity index (χ0v) is 10.6. The third-order valence-electron chi connectivity index (χ3n) is 2.70. The molecular formula is C13H12F2N2O3. The van der Waals surface area contributed by atoms with E-state index in [-0.39, 0.29) is 36.1 Å². The van der Waals surface area contributed by atoms with Gasteiger partial charge in [0.25, 0.3) is 5.89 Å². The number of rotatable bonds is 5. The molecular weight excluding hydrogens is 270 g/mol. The van der Waals surface area contributed by atoms with Gasteiger partial charge in [-0.25, -0.2) is 8.78 Å². The monoisotopic (exact) mass is 282 g/mol. The van der Waals surface area contributed by atoms with Crippen molar-refractivity contribution in [2.24, 2.45) is 5.92 Å². The van der Waals surface area contributed by atoms with Gasteiger partial charge >= 0.3 is 5.97 Å². The van der Waals surface area contributed by atoms with Crippen molar-refractivity contribution in [2.45, 2.75) is 19.8 Å². The molecule has 0 amide bonds. The van der Waals surface area contributed by atoms with E-state index < -0.39 is 17.6 Å². The molecule has 1 aromatic carbocycles. The third-order valence-corrected chi connectivity index (χ3v) is 2.70. The van der Waals surface area contributed by atoms with Crippen molar-refractivity contribution in [3.05, 3.63) is 35.7 Å². The molecule has 0 radical (unpaired) electrons. The largest absolute Gasteiger partial charge is 0.481 e. The Labute approximate surface area is 113 Å². The number of carboxylic acid groups (broad SMARTS) is 1. The van der Waals surface area contributed by atoms with E-state index in [2.05, 4.69) is 10.2 Å². The Morgan fingerprint density at radius 2 is 2.15 bits per heavy atom. The van der Waals surface area contributed by atoms with Crippen LogP contribution in [0.5, 0.6) is 0 Å². The van der Waals surface area contributed by atoms with Crippen LogP contribution < -0.4 is 0 Å². The Morgan fingerprint density at radius 3 is 2.85 bits per heavy atom. The molecule has 0 fully saturated rings. The van der Waals surface area contributed by atoms with E-state index in [4.69, 9.17) is 9.52 Å². The quantitative estimate of drug-likeness (QED) is 0.912. The molecule has 7 heteroatoms. The van der Waals surface area contributed by atoms with Crippen molar-refractivity contribution in [2.75, 3.05) is 0 Å². The first kappa shape index (κ1) is 14.1. The van der Waals surface area contributed by atoms with E-state index in [9.17, 15) is 13.6 Å². The SMILES string of the molecule is CC(CC(=O)O)Cc1nnc(-c2cccc(F)c2F)o1. The van der Waals surface area contributed by atoms with Crippen LogP contribution in [0, 0.1) is 17.6 Å². The maximum atomic E-state index is 13.6. The number of hydrogen-bond donors (Lipinski definition) is 1. The summed E-state index contributed by atoms with van der Waals surface area (Å²) in [5.41, 5.74) is -0.116. The van der Waals surface area contributed by atoms with Crippen LogP contribution in [0.25, 0.3) is 11.5 Å². The fourth-order valence-electron chi connectivity index (χ4n) is 1.78. The van der Waals surface area contributed by atoms with Gasteiger partial charge < -0.3 is 9.52 Å². The van der Waals surface area contributed by atoms with Gasteiger partial charge in [-0.05, 0) is 18.1 Å². The maximum absolute atomic E-state index is 13.6. The average molecular weight is 282 g/mol. The van der Waals surface area contributed by atoms with Gasteiger partial charge in [-0.2, -0.15) is 0 Å². The fourth-order valence-corrected chi connectivity index (χ4v) is 1.78. The van der Waals surface area contributed by atoms with Crippen LogP contribution in [-0.2, 0) is 11.2 Å². The highest BCUT2D eigenvalue weighted by Crippen LogP contribution is 2.24. The predicted octanol–water partition coefficient (Wildman–Crippen LogP) is 2.67. The Bertz CT molecular complexity index is 628. The number of halogens is 2. The molecule has 1 N–H and O–H groups in total. The number of hydrogen-bond acceptors (Lipinski definition) is 4. The lowest BCUT2D eigenvalue weighted by molar-refractivity contribution is -0.137. The Hall–Kier alpha value is -2.31. The molecule has 0 aliphatic heterocycles. The van der Waals surface area contributed by atoms with Crippen LogP contribution in [-0.4, -0.2) is 21.3 Å². The summed E-state index contributed by atoms with van der Waals surface area (Å²) in [6, 6.07) is 3.66. The minimum absolute atomic E-state index is 0.0357. The van der Waals surface area contributed by atoms with Gasteiger partial charge in [0.15, 0.2) is 11.6 Å². The minimum atomic E-state index is -1.05. The number of aromatic nitrogens is 2. The van der Waals surface area contributed by atoms with Crippen LogP contribution in [0.4, 0.5) is 8.78 Å². The molecule has 2 aromatic rings. The Balaban J connectivity index is 2.17. The molecule has 0 saturated heterocycles. The van der Waals surface area contributed by atoms with E-state index in [1.54, 1.807) is 6.92 Å². The average Bonchev–Trinajstić information content (AvgIpc) is 2.79. The van der Waals surface area contributed by atoms with Gasteiger partial charge in [0.05, 0.1) is 5.56 Å². The molecule has 1 heterocycles. The number of nitrogens with zero attached hydrogens (tertiary/aromatic N) is 2. The van der Waals surface area contributed by atoms with Crippen molar-refractivity contribution in [1.82, 2.24) is 10.2 Å². The first-order chi connectivity index (χ1) is 9.47. The van der Waals surface area contributed by atoms with Gasteiger partial charge in [-0.3, -0.25) is 4.79 Å². The summed E-state index contributed by atoms with van der Waals surface area (Å²) < 4.78 is 31.9. The number of benzene rings is 1. The van der Waals surface area contributed by atoms with Crippen LogP contribution in [0.3, 0.4) is 0 Å². The molecule has 1 unspecified atom stereocenters. The summed E-state index contributed by atoms with van der Waals surface area (Å²) in [5, 5.41) is 16.0. The lowest BCUT2D eigenvalue weighted by atomic mass is 10.0. The van der Waals surface area contributed by atoms with Crippen LogP contribution in [0.1, 0.15) is 19.2 Å². The number of aliphatic carboxylic acids is 1. The van der Waals surface area contributed by atoms with E-state index in [1.165, 1.54) is 12.1 Å². The van der Waals surface area contributed by atoms with Crippen molar-refractivity contribution in [3.63, 3.8) is 0 Å². The zero-order valence-electron chi connectivity index (χ0n) is 10.6. The van der Waals surface area contributed by atoms with Crippen LogP contribution in [0.2, 0.25) is 0 Å². The molecule has 2 rings (SSSR count). The Kier molecular flexibility index (Phi) is 4.07. The first-order valence-electron chi connectivity index (χ1n) is 5.96. The predicted molar refractivity (Wildman–Crippen MR) is 64.8 cm³/mol. The van der Waals surface area contributed by atoms with Crippen molar-refractivity contribution < 1.29 is 23.1 Å². The molecule has 106 valence electrons. The fraction of sp³-hybridized carbons (Fsp3) is 0.308. The molecule has 1 aromatic heterocycles. The van der Waals surface area contributed by atoms with E-state index in [0.717, 1.165) is 6.07 Å². The molecule has 0 bridgehead atoms. The topological polar surface area (TPSA) is 76.2 Å². The summed E-state index contributed by atoms with van der Waals surface area (Å²) in [7, 11) is 0. The van der Waals surface area contributed by atoms with E-state index in [0.29, 0.717) is 0 Å². The molecule has 0 aliphatic carbocycles.